The van der Waals surface area contributed by atoms with Crippen LogP contribution in [-0.2, 0) is 9.78 Å². The predicted octanol–water partition coefficient (Wildman–Crippen LogP) is 5.00. The smallest absolute Gasteiger partial charge is 0.292 e. The van der Waals surface area contributed by atoms with Crippen molar-refractivity contribution in [3.8, 4) is 0 Å². The third-order valence-electron chi connectivity index (χ3n) is 4.23. The van der Waals surface area contributed by atoms with E-state index in [4.69, 9.17) is 9.78 Å². The number of unbranched alkanes of at least 4 members (excludes halogenated alkanes) is 1. The third-order valence-corrected chi connectivity index (χ3v) is 4.23. The van der Waals surface area contributed by atoms with Crippen LogP contribution in [0.4, 0.5) is 0 Å². The van der Waals surface area contributed by atoms with Crippen LogP contribution < -0.4 is 0 Å². The molecule has 1 aromatic rings. The largest absolute Gasteiger partial charge is 0.373 e. The molecule has 1 fully saturated rings. The monoisotopic (exact) mass is 289 g/mol. The Morgan fingerprint density at radius 1 is 1.24 bits per heavy atom. The van der Waals surface area contributed by atoms with Crippen LogP contribution in [0, 0.1) is 18.9 Å². The zero-order valence-electron chi connectivity index (χ0n) is 13.1. The highest BCUT2D eigenvalue weighted by Crippen LogP contribution is 2.34. The van der Waals surface area contributed by atoms with Gasteiger partial charge in [0.25, 0.3) is 0 Å². The number of hydrogen-bond acceptors (Lipinski definition) is 3. The molecule has 0 aliphatic heterocycles. The average Bonchev–Trinajstić information content (AvgIpc) is 2.52. The van der Waals surface area contributed by atoms with Crippen molar-refractivity contribution in [1.82, 2.24) is 0 Å². The van der Waals surface area contributed by atoms with Crippen LogP contribution in [0.5, 0.6) is 0 Å². The second-order valence-corrected chi connectivity index (χ2v) is 5.89. The summed E-state index contributed by atoms with van der Waals surface area (Å²) in [4.78, 5) is 22.2. The van der Waals surface area contributed by atoms with Crippen molar-refractivity contribution in [3.05, 3.63) is 41.5 Å². The standard InChI is InChI=1S/C18H25O3/c1-3-4-8-15-10-12-16(13-11-15)20-21-18(19)17-9-6-5-7-14(17)2/h5-7,9,15H,3-4,8,10-13H2,1-2H3. The van der Waals surface area contributed by atoms with Gasteiger partial charge in [0.15, 0.2) is 0 Å². The zero-order chi connectivity index (χ0) is 15.1. The Morgan fingerprint density at radius 2 is 1.95 bits per heavy atom. The van der Waals surface area contributed by atoms with Gasteiger partial charge in [-0.1, -0.05) is 44.4 Å². The van der Waals surface area contributed by atoms with Crippen LogP contribution >= 0.6 is 0 Å². The molecule has 1 saturated carbocycles. The zero-order valence-corrected chi connectivity index (χ0v) is 13.1. The fourth-order valence-corrected chi connectivity index (χ4v) is 2.81. The highest BCUT2D eigenvalue weighted by atomic mass is 17.2. The number of benzene rings is 1. The summed E-state index contributed by atoms with van der Waals surface area (Å²) in [6.07, 6.45) is 8.91. The van der Waals surface area contributed by atoms with Gasteiger partial charge >= 0.3 is 5.97 Å². The van der Waals surface area contributed by atoms with Gasteiger partial charge in [-0.25, -0.2) is 4.79 Å². The minimum atomic E-state index is -0.409. The Bertz CT molecular complexity index is 448. The third kappa shape index (κ3) is 4.85. The summed E-state index contributed by atoms with van der Waals surface area (Å²) < 4.78 is 0. The number of carbonyl (C=O) groups excluding carboxylic acids is 1. The second-order valence-electron chi connectivity index (χ2n) is 5.89. The van der Waals surface area contributed by atoms with Crippen molar-refractivity contribution in [2.45, 2.75) is 58.8 Å². The van der Waals surface area contributed by atoms with E-state index in [1.807, 2.05) is 25.1 Å². The number of aryl methyl sites for hydroxylation is 1. The first-order valence-corrected chi connectivity index (χ1v) is 8.00. The molecule has 0 heterocycles. The van der Waals surface area contributed by atoms with Gasteiger partial charge in [0.2, 0.25) is 0 Å². The summed E-state index contributed by atoms with van der Waals surface area (Å²) in [5.41, 5.74) is 1.47. The van der Waals surface area contributed by atoms with E-state index in [1.165, 1.54) is 19.3 Å². The Balaban J connectivity index is 1.72. The lowest BCUT2D eigenvalue weighted by Gasteiger charge is -2.26. The topological polar surface area (TPSA) is 35.5 Å². The first-order valence-electron chi connectivity index (χ1n) is 8.00. The van der Waals surface area contributed by atoms with Gasteiger partial charge in [-0.15, -0.1) is 0 Å². The van der Waals surface area contributed by atoms with Crippen molar-refractivity contribution in [3.63, 3.8) is 0 Å². The highest BCUT2D eigenvalue weighted by Gasteiger charge is 2.24. The van der Waals surface area contributed by atoms with Crippen molar-refractivity contribution in [2.24, 2.45) is 5.92 Å². The average molecular weight is 289 g/mol. The van der Waals surface area contributed by atoms with Crippen LogP contribution in [0.1, 0.15) is 67.8 Å². The molecule has 1 aliphatic rings. The normalized spacial score (nSPS) is 16.9. The highest BCUT2D eigenvalue weighted by molar-refractivity contribution is 5.90. The van der Waals surface area contributed by atoms with E-state index in [9.17, 15) is 4.79 Å². The fourth-order valence-electron chi connectivity index (χ4n) is 2.81. The minimum absolute atomic E-state index is 0.409. The molecule has 3 nitrogen and oxygen atoms in total. The van der Waals surface area contributed by atoms with Crippen molar-refractivity contribution in [1.29, 1.82) is 0 Å². The maximum absolute atomic E-state index is 12.0. The molecule has 0 N–H and O–H groups in total. The lowest BCUT2D eigenvalue weighted by molar-refractivity contribution is -0.240. The van der Waals surface area contributed by atoms with Crippen molar-refractivity contribution >= 4 is 5.97 Å². The van der Waals surface area contributed by atoms with Crippen LogP contribution in [0.2, 0.25) is 0 Å². The number of carbonyl (C=O) groups is 1. The van der Waals surface area contributed by atoms with Crippen LogP contribution in [0.3, 0.4) is 0 Å². The van der Waals surface area contributed by atoms with Gasteiger partial charge in [-0.2, -0.15) is 4.89 Å². The fraction of sp³-hybridized carbons (Fsp3) is 0.556. The van der Waals surface area contributed by atoms with E-state index in [1.54, 1.807) is 6.07 Å². The van der Waals surface area contributed by atoms with E-state index >= 15 is 0 Å². The molecule has 0 unspecified atom stereocenters. The number of hydrogen-bond donors (Lipinski definition) is 0. The molecular weight excluding hydrogens is 264 g/mol. The molecule has 0 aromatic heterocycles. The first kappa shape index (κ1) is 16.0. The lowest BCUT2D eigenvalue weighted by atomic mass is 9.84. The molecule has 0 atom stereocenters. The Hall–Kier alpha value is -1.35. The van der Waals surface area contributed by atoms with Gasteiger partial charge in [-0.05, 0) is 50.2 Å². The lowest BCUT2D eigenvalue weighted by Crippen LogP contribution is -2.17. The van der Waals surface area contributed by atoms with Crippen LogP contribution in [0.15, 0.2) is 24.3 Å². The van der Waals surface area contributed by atoms with Gasteiger partial charge in [0.05, 0.1) is 5.56 Å². The maximum Gasteiger partial charge on any atom is 0.373 e. The molecule has 115 valence electrons. The summed E-state index contributed by atoms with van der Waals surface area (Å²) >= 11 is 0. The summed E-state index contributed by atoms with van der Waals surface area (Å²) in [7, 11) is 0. The molecule has 3 heteroatoms. The van der Waals surface area contributed by atoms with Crippen molar-refractivity contribution < 1.29 is 14.6 Å². The molecular formula is C18H25O3. The summed E-state index contributed by atoms with van der Waals surface area (Å²) in [6, 6.07) is 7.38. The van der Waals surface area contributed by atoms with Gasteiger partial charge in [0.1, 0.15) is 6.10 Å². The first-order chi connectivity index (χ1) is 10.2. The predicted molar refractivity (Wildman–Crippen MR) is 82.4 cm³/mol. The van der Waals surface area contributed by atoms with Crippen LogP contribution in [-0.4, -0.2) is 5.97 Å². The summed E-state index contributed by atoms with van der Waals surface area (Å²) in [5, 5.41) is 0. The number of rotatable bonds is 6. The summed E-state index contributed by atoms with van der Waals surface area (Å²) in [5.74, 6) is 0.401. The van der Waals surface area contributed by atoms with Gasteiger partial charge in [-0.3, -0.25) is 4.89 Å². The Kier molecular flexibility index (Phi) is 6.24. The van der Waals surface area contributed by atoms with E-state index in [2.05, 4.69) is 6.92 Å². The SMILES string of the molecule is CCCCC1CC[C](OOC(=O)c2ccccc2C)CC1. The molecule has 1 radical (unpaired) electrons. The van der Waals surface area contributed by atoms with E-state index < -0.39 is 5.97 Å². The Labute approximate surface area is 127 Å². The molecule has 2 rings (SSSR count). The molecule has 0 bridgehead atoms. The van der Waals surface area contributed by atoms with Crippen LogP contribution in [0.25, 0.3) is 0 Å². The molecule has 0 saturated heterocycles. The van der Waals surface area contributed by atoms with E-state index in [0.29, 0.717) is 5.56 Å². The molecule has 0 amide bonds. The quantitative estimate of drug-likeness (QED) is 0.546. The van der Waals surface area contributed by atoms with E-state index in [0.717, 1.165) is 43.3 Å². The minimum Gasteiger partial charge on any atom is -0.292 e. The maximum atomic E-state index is 12.0. The van der Waals surface area contributed by atoms with E-state index in [-0.39, 0.29) is 0 Å². The molecule has 21 heavy (non-hydrogen) atoms. The Morgan fingerprint density at radius 3 is 2.62 bits per heavy atom. The molecule has 1 aliphatic carbocycles. The van der Waals surface area contributed by atoms with Gasteiger partial charge in [0, 0.05) is 0 Å². The van der Waals surface area contributed by atoms with Gasteiger partial charge < -0.3 is 0 Å². The molecule has 1 aromatic carbocycles. The summed E-state index contributed by atoms with van der Waals surface area (Å²) in [6.45, 7) is 4.12. The van der Waals surface area contributed by atoms with Crippen molar-refractivity contribution in [2.75, 3.05) is 0 Å². The molecule has 0 spiro atoms. The second kappa shape index (κ2) is 8.18.